The maximum Gasteiger partial charge on any atom is 0.311 e. The van der Waals surface area contributed by atoms with Crippen LogP contribution < -0.4 is 5.73 Å². The fourth-order valence-corrected chi connectivity index (χ4v) is 6.63. The van der Waals surface area contributed by atoms with Gasteiger partial charge in [0, 0.05) is 23.9 Å². The van der Waals surface area contributed by atoms with Crippen LogP contribution in [-0.4, -0.2) is 117 Å². The van der Waals surface area contributed by atoms with Gasteiger partial charge in [0.15, 0.2) is 6.29 Å². The zero-order valence-electron chi connectivity index (χ0n) is 26.0. The van der Waals surface area contributed by atoms with E-state index in [-0.39, 0.29) is 30.9 Å². The Bertz CT molecular complexity index is 825. The van der Waals surface area contributed by atoms with E-state index in [1.807, 2.05) is 32.8 Å². The first kappa shape index (κ1) is 35.3. The molecule has 11 nitrogen and oxygen atoms in total. The molecule has 2 aliphatic rings. The Labute approximate surface area is 240 Å². The lowest BCUT2D eigenvalue weighted by atomic mass is 9.72. The summed E-state index contributed by atoms with van der Waals surface area (Å²) in [6, 6.07) is -0.904. The lowest BCUT2D eigenvalue weighted by molar-refractivity contribution is -0.299. The van der Waals surface area contributed by atoms with Gasteiger partial charge in [-0.2, -0.15) is 0 Å². The molecular formula is C29H56N2O9. The Morgan fingerprint density at radius 1 is 1.02 bits per heavy atom. The summed E-state index contributed by atoms with van der Waals surface area (Å²) >= 11 is 0. The van der Waals surface area contributed by atoms with Gasteiger partial charge in [-0.1, -0.05) is 27.7 Å². The minimum Gasteiger partial charge on any atom is -0.459 e. The summed E-state index contributed by atoms with van der Waals surface area (Å²) in [7, 11) is 3.72. The third-order valence-electron chi connectivity index (χ3n) is 9.45. The third kappa shape index (κ3) is 7.54. The van der Waals surface area contributed by atoms with Crippen LogP contribution in [0.5, 0.6) is 0 Å². The molecule has 2 saturated heterocycles. The van der Waals surface area contributed by atoms with Gasteiger partial charge in [0.2, 0.25) is 0 Å². The van der Waals surface area contributed by atoms with Gasteiger partial charge in [-0.15, -0.1) is 0 Å². The SMILES string of the molecule is CCC1OC(=O)C(C)C(O)C(C)C(OC2OC(C)CC(N(C)C)C2O)C(C)(O)CC(C)C(N)C(C)C(O)C1(C)O. The Balaban J connectivity index is 2.54. The molecule has 0 bridgehead atoms. The number of hydrogen-bond donors (Lipinski definition) is 6. The summed E-state index contributed by atoms with van der Waals surface area (Å²) in [6.45, 7) is 13.4. The average Bonchev–Trinajstić information content (AvgIpc) is 2.87. The van der Waals surface area contributed by atoms with E-state index >= 15 is 0 Å². The van der Waals surface area contributed by atoms with E-state index in [1.165, 1.54) is 13.8 Å². The molecule has 15 atom stereocenters. The normalized spacial score (nSPS) is 50.3. The molecular weight excluding hydrogens is 520 g/mol. The number of esters is 1. The molecule has 2 fully saturated rings. The molecule has 0 spiro atoms. The fourth-order valence-electron chi connectivity index (χ4n) is 6.63. The van der Waals surface area contributed by atoms with Crippen molar-refractivity contribution in [1.29, 1.82) is 0 Å². The number of nitrogens with two attached hydrogens (primary N) is 1. The van der Waals surface area contributed by atoms with Crippen LogP contribution in [-0.2, 0) is 19.0 Å². The van der Waals surface area contributed by atoms with Gasteiger partial charge in [0.1, 0.15) is 17.8 Å². The molecule has 2 aliphatic heterocycles. The molecule has 0 aliphatic carbocycles. The van der Waals surface area contributed by atoms with E-state index < -0.39 is 77.8 Å². The van der Waals surface area contributed by atoms with Crippen molar-refractivity contribution in [2.75, 3.05) is 14.1 Å². The van der Waals surface area contributed by atoms with Gasteiger partial charge < -0.3 is 50.4 Å². The number of likely N-dealkylation sites (N-methyl/N-ethyl adjacent to an activating group) is 1. The average molecular weight is 577 g/mol. The van der Waals surface area contributed by atoms with Crippen LogP contribution in [0.3, 0.4) is 0 Å². The molecule has 15 unspecified atom stereocenters. The van der Waals surface area contributed by atoms with Gasteiger partial charge in [-0.25, -0.2) is 0 Å². The molecule has 40 heavy (non-hydrogen) atoms. The molecule has 0 saturated carbocycles. The van der Waals surface area contributed by atoms with E-state index in [0.29, 0.717) is 6.42 Å². The zero-order chi connectivity index (χ0) is 30.9. The van der Waals surface area contributed by atoms with Gasteiger partial charge in [0.05, 0.1) is 35.9 Å². The van der Waals surface area contributed by atoms with Gasteiger partial charge in [-0.3, -0.25) is 4.79 Å². The molecule has 2 rings (SSSR count). The Morgan fingerprint density at radius 2 is 1.60 bits per heavy atom. The van der Waals surface area contributed by atoms with Crippen LogP contribution in [0.4, 0.5) is 0 Å². The Morgan fingerprint density at radius 3 is 2.12 bits per heavy atom. The van der Waals surface area contributed by atoms with Crippen molar-refractivity contribution in [1.82, 2.24) is 4.90 Å². The highest BCUT2D eigenvalue weighted by Crippen LogP contribution is 2.38. The van der Waals surface area contributed by atoms with E-state index in [0.717, 1.165) is 0 Å². The summed E-state index contributed by atoms with van der Waals surface area (Å²) in [6.07, 6.45) is -6.18. The number of cyclic esters (lactones) is 1. The van der Waals surface area contributed by atoms with Crippen molar-refractivity contribution >= 4 is 5.97 Å². The first-order valence-corrected chi connectivity index (χ1v) is 14.7. The number of aliphatic hydroxyl groups is 5. The fraction of sp³-hybridized carbons (Fsp3) is 0.966. The lowest BCUT2D eigenvalue weighted by Crippen LogP contribution is -2.61. The molecule has 0 aromatic rings. The maximum absolute atomic E-state index is 13.2. The number of hydrogen-bond acceptors (Lipinski definition) is 11. The highest BCUT2D eigenvalue weighted by Gasteiger charge is 2.50. The first-order chi connectivity index (χ1) is 18.3. The second-order valence-corrected chi connectivity index (χ2v) is 13.2. The van der Waals surface area contributed by atoms with Crippen LogP contribution >= 0.6 is 0 Å². The summed E-state index contributed by atoms with van der Waals surface area (Å²) in [5, 5.41) is 56.9. The predicted octanol–water partition coefficient (Wildman–Crippen LogP) is 0.619. The van der Waals surface area contributed by atoms with Crippen LogP contribution in [0, 0.1) is 23.7 Å². The van der Waals surface area contributed by atoms with E-state index in [9.17, 15) is 30.3 Å². The van der Waals surface area contributed by atoms with Crippen molar-refractivity contribution in [2.45, 2.75) is 141 Å². The minimum atomic E-state index is -1.80. The number of nitrogens with zero attached hydrogens (tertiary/aromatic N) is 1. The van der Waals surface area contributed by atoms with E-state index in [4.69, 9.17) is 19.9 Å². The molecule has 0 aromatic carbocycles. The van der Waals surface area contributed by atoms with E-state index in [1.54, 1.807) is 27.7 Å². The zero-order valence-corrected chi connectivity index (χ0v) is 26.0. The summed E-state index contributed by atoms with van der Waals surface area (Å²) in [5.41, 5.74) is 3.18. The largest absolute Gasteiger partial charge is 0.459 e. The maximum atomic E-state index is 13.2. The Kier molecular flexibility index (Phi) is 12.0. The van der Waals surface area contributed by atoms with Gasteiger partial charge in [-0.05, 0) is 67.0 Å². The molecule has 0 radical (unpaired) electrons. The first-order valence-electron chi connectivity index (χ1n) is 14.7. The van der Waals surface area contributed by atoms with Crippen LogP contribution in [0.25, 0.3) is 0 Å². The predicted molar refractivity (Wildman–Crippen MR) is 150 cm³/mol. The molecule has 236 valence electrons. The van der Waals surface area contributed by atoms with E-state index in [2.05, 4.69) is 0 Å². The summed E-state index contributed by atoms with van der Waals surface area (Å²) in [5.74, 6) is -3.60. The number of ether oxygens (including phenoxy) is 3. The minimum absolute atomic E-state index is 0.112. The number of rotatable bonds is 4. The third-order valence-corrected chi connectivity index (χ3v) is 9.45. The van der Waals surface area contributed by atoms with Crippen LogP contribution in [0.15, 0.2) is 0 Å². The Hall–Kier alpha value is -0.890. The lowest BCUT2D eigenvalue weighted by Gasteiger charge is -2.47. The molecule has 7 N–H and O–H groups in total. The van der Waals surface area contributed by atoms with Crippen molar-refractivity contribution < 1.29 is 44.5 Å². The smallest absolute Gasteiger partial charge is 0.311 e. The topological polar surface area (TPSA) is 175 Å². The molecule has 2 heterocycles. The highest BCUT2D eigenvalue weighted by molar-refractivity contribution is 5.73. The summed E-state index contributed by atoms with van der Waals surface area (Å²) < 4.78 is 18.0. The van der Waals surface area contributed by atoms with Crippen molar-refractivity contribution in [2.24, 2.45) is 29.4 Å². The summed E-state index contributed by atoms with van der Waals surface area (Å²) in [4.78, 5) is 15.1. The standard InChI is InChI=1S/C29H56N2O9/c1-11-20-29(8,37)24(34)16(4)21(30)14(2)13-28(7,36)25(17(5)22(32)18(6)26(35)39-20)40-27-23(33)19(31(9)10)12-15(3)38-27/h14-25,27,32-34,36-37H,11-13,30H2,1-10H3. The second-order valence-electron chi connectivity index (χ2n) is 13.2. The quantitative estimate of drug-likeness (QED) is 0.259. The number of aliphatic hydroxyl groups excluding tert-OH is 3. The van der Waals surface area contributed by atoms with Crippen LogP contribution in [0.1, 0.15) is 74.7 Å². The van der Waals surface area contributed by atoms with Gasteiger partial charge >= 0.3 is 5.97 Å². The van der Waals surface area contributed by atoms with Gasteiger partial charge in [0.25, 0.3) is 0 Å². The molecule has 0 amide bonds. The number of carbonyl (C=O) groups excluding carboxylic acids is 1. The number of carbonyl (C=O) groups is 1. The van der Waals surface area contributed by atoms with Crippen LogP contribution in [0.2, 0.25) is 0 Å². The second kappa shape index (κ2) is 13.6. The van der Waals surface area contributed by atoms with Crippen molar-refractivity contribution in [3.05, 3.63) is 0 Å². The molecule has 11 heteroatoms. The van der Waals surface area contributed by atoms with Crippen molar-refractivity contribution in [3.8, 4) is 0 Å². The van der Waals surface area contributed by atoms with Crippen molar-refractivity contribution in [3.63, 3.8) is 0 Å². The molecule has 0 aromatic heterocycles. The highest BCUT2D eigenvalue weighted by atomic mass is 16.7. The monoisotopic (exact) mass is 576 g/mol.